The topological polar surface area (TPSA) is 3.24 Å². The van der Waals surface area contributed by atoms with Crippen LogP contribution in [0.1, 0.15) is 49.9 Å². The third kappa shape index (κ3) is 5.56. The molecule has 300 valence electrons. The molecule has 0 bridgehead atoms. The SMILES string of the molecule is CC1(C)c2ccccc2-c2cc(-c3c(N(c4ccc5c(c4)-c4ccccc4C5(C)C)c4cccc(-c5ccccc5)c4-c4ccccc4)c4ccccc4c4ccccc34)ccc21. The minimum Gasteiger partial charge on any atom is -0.309 e. The molecule has 0 N–H and O–H groups in total. The quantitative estimate of drug-likeness (QED) is 0.151. The molecule has 10 aromatic carbocycles. The monoisotopic (exact) mass is 805 g/mol. The molecule has 10 aromatic rings. The second-order valence-corrected chi connectivity index (χ2v) is 18.4. The summed E-state index contributed by atoms with van der Waals surface area (Å²) in [6.07, 6.45) is 0. The predicted molar refractivity (Wildman–Crippen MR) is 268 cm³/mol. The Morgan fingerprint density at radius 2 is 0.778 bits per heavy atom. The zero-order chi connectivity index (χ0) is 42.5. The van der Waals surface area contributed by atoms with E-state index in [1.807, 2.05) is 0 Å². The molecule has 0 spiro atoms. The molecule has 1 heteroatoms. The number of benzene rings is 10. The van der Waals surface area contributed by atoms with Crippen LogP contribution in [0.25, 0.3) is 77.2 Å². The second kappa shape index (κ2) is 14.0. The zero-order valence-electron chi connectivity index (χ0n) is 36.2. The van der Waals surface area contributed by atoms with Gasteiger partial charge in [0, 0.05) is 33.0 Å². The van der Waals surface area contributed by atoms with Crippen LogP contribution in [0.3, 0.4) is 0 Å². The summed E-state index contributed by atoms with van der Waals surface area (Å²) in [5.74, 6) is 0. The molecule has 0 heterocycles. The molecular weight excluding hydrogens is 759 g/mol. The van der Waals surface area contributed by atoms with Gasteiger partial charge in [-0.2, -0.15) is 0 Å². The van der Waals surface area contributed by atoms with Crippen LogP contribution >= 0.6 is 0 Å². The van der Waals surface area contributed by atoms with Gasteiger partial charge < -0.3 is 4.90 Å². The first kappa shape index (κ1) is 37.3. The van der Waals surface area contributed by atoms with Crippen molar-refractivity contribution in [1.82, 2.24) is 0 Å². The van der Waals surface area contributed by atoms with E-state index in [1.165, 1.54) is 105 Å². The van der Waals surface area contributed by atoms with E-state index in [2.05, 4.69) is 245 Å². The van der Waals surface area contributed by atoms with E-state index < -0.39 is 0 Å². The van der Waals surface area contributed by atoms with Gasteiger partial charge in [0.25, 0.3) is 0 Å². The van der Waals surface area contributed by atoms with Gasteiger partial charge in [0.15, 0.2) is 0 Å². The van der Waals surface area contributed by atoms with Gasteiger partial charge >= 0.3 is 0 Å². The molecule has 2 aliphatic carbocycles. The van der Waals surface area contributed by atoms with Crippen LogP contribution < -0.4 is 4.90 Å². The summed E-state index contributed by atoms with van der Waals surface area (Å²) in [5, 5.41) is 4.92. The number of hydrogen-bond donors (Lipinski definition) is 0. The average molecular weight is 806 g/mol. The average Bonchev–Trinajstić information content (AvgIpc) is 3.71. The Hall–Kier alpha value is -7.48. The summed E-state index contributed by atoms with van der Waals surface area (Å²) >= 11 is 0. The van der Waals surface area contributed by atoms with E-state index in [1.54, 1.807) is 0 Å². The minimum atomic E-state index is -0.118. The summed E-state index contributed by atoms with van der Waals surface area (Å²) in [7, 11) is 0. The Bertz CT molecular complexity index is 3440. The van der Waals surface area contributed by atoms with Crippen LogP contribution in [0.5, 0.6) is 0 Å². The zero-order valence-corrected chi connectivity index (χ0v) is 36.2. The van der Waals surface area contributed by atoms with E-state index in [9.17, 15) is 0 Å². The maximum atomic E-state index is 2.61. The fraction of sp³-hybridized carbons (Fsp3) is 0.0968. The van der Waals surface area contributed by atoms with Crippen molar-refractivity contribution < 1.29 is 0 Å². The molecule has 12 rings (SSSR count). The molecule has 0 radical (unpaired) electrons. The third-order valence-corrected chi connectivity index (χ3v) is 14.3. The molecule has 0 saturated carbocycles. The summed E-state index contributed by atoms with van der Waals surface area (Å²) in [6, 6.07) is 79.4. The van der Waals surface area contributed by atoms with Gasteiger partial charge in [0.1, 0.15) is 0 Å². The molecule has 0 aliphatic heterocycles. The number of hydrogen-bond acceptors (Lipinski definition) is 1. The smallest absolute Gasteiger partial charge is 0.0625 e. The summed E-state index contributed by atoms with van der Waals surface area (Å²) in [4.78, 5) is 2.61. The Labute approximate surface area is 370 Å². The van der Waals surface area contributed by atoms with Crippen LogP contribution in [0.4, 0.5) is 17.1 Å². The third-order valence-electron chi connectivity index (χ3n) is 14.3. The van der Waals surface area contributed by atoms with Crippen LogP contribution in [-0.4, -0.2) is 0 Å². The molecule has 1 nitrogen and oxygen atoms in total. The van der Waals surface area contributed by atoms with Crippen molar-refractivity contribution >= 4 is 38.6 Å². The molecule has 0 aromatic heterocycles. The molecule has 0 atom stereocenters. The number of anilines is 3. The van der Waals surface area contributed by atoms with Gasteiger partial charge in [0.2, 0.25) is 0 Å². The van der Waals surface area contributed by atoms with Crippen LogP contribution in [0, 0.1) is 0 Å². The standard InChI is InChI=1S/C62H47N/c1-61(2)53-31-17-15-26-47(53)51-38-42(34-36-55(51)61)59-49-28-13-11-24-45(49)46-25-12-14-29-50(46)60(59)63(43-35-37-56-52(39-43)48-27-16-18-32-54(48)62(56,3)4)57-33-19-30-44(40-20-7-5-8-21-40)58(57)41-22-9-6-10-23-41/h5-39H,1-4H3. The molecule has 63 heavy (non-hydrogen) atoms. The minimum absolute atomic E-state index is 0.0955. The van der Waals surface area contributed by atoms with Crippen LogP contribution in [0.15, 0.2) is 212 Å². The fourth-order valence-electron chi connectivity index (χ4n) is 11.3. The fourth-order valence-corrected chi connectivity index (χ4v) is 11.3. The number of nitrogens with zero attached hydrogens (tertiary/aromatic N) is 1. The lowest BCUT2D eigenvalue weighted by atomic mass is 9.81. The van der Waals surface area contributed by atoms with Crippen molar-refractivity contribution in [2.75, 3.05) is 4.90 Å². The largest absolute Gasteiger partial charge is 0.309 e. The van der Waals surface area contributed by atoms with Crippen molar-refractivity contribution in [2.24, 2.45) is 0 Å². The highest BCUT2D eigenvalue weighted by molar-refractivity contribution is 6.23. The first-order chi connectivity index (χ1) is 30.8. The lowest BCUT2D eigenvalue weighted by Crippen LogP contribution is -2.16. The Morgan fingerprint density at radius 1 is 0.302 bits per heavy atom. The Morgan fingerprint density at radius 3 is 1.43 bits per heavy atom. The van der Waals surface area contributed by atoms with Crippen molar-refractivity contribution in [2.45, 2.75) is 38.5 Å². The second-order valence-electron chi connectivity index (χ2n) is 18.4. The van der Waals surface area contributed by atoms with Crippen molar-refractivity contribution in [1.29, 1.82) is 0 Å². The molecule has 0 amide bonds. The van der Waals surface area contributed by atoms with E-state index in [-0.39, 0.29) is 10.8 Å². The van der Waals surface area contributed by atoms with E-state index in [4.69, 9.17) is 0 Å². The van der Waals surface area contributed by atoms with Gasteiger partial charge in [-0.15, -0.1) is 0 Å². The van der Waals surface area contributed by atoms with Gasteiger partial charge in [-0.3, -0.25) is 0 Å². The van der Waals surface area contributed by atoms with Gasteiger partial charge in [-0.1, -0.05) is 216 Å². The molecule has 0 fully saturated rings. The first-order valence-corrected chi connectivity index (χ1v) is 22.3. The highest BCUT2D eigenvalue weighted by Gasteiger charge is 2.38. The predicted octanol–water partition coefficient (Wildman–Crippen LogP) is 17.1. The summed E-state index contributed by atoms with van der Waals surface area (Å²) in [5.41, 5.74) is 21.1. The van der Waals surface area contributed by atoms with E-state index in [0.29, 0.717) is 0 Å². The van der Waals surface area contributed by atoms with Crippen LogP contribution in [-0.2, 0) is 10.8 Å². The normalized spacial score (nSPS) is 14.0. The lowest BCUT2D eigenvalue weighted by molar-refractivity contribution is 0.660. The summed E-state index contributed by atoms with van der Waals surface area (Å²) < 4.78 is 0. The molecule has 0 unspecified atom stereocenters. The number of fused-ring (bicyclic) bond motifs is 9. The summed E-state index contributed by atoms with van der Waals surface area (Å²) in [6.45, 7) is 9.48. The molecular formula is C62H47N. The van der Waals surface area contributed by atoms with Gasteiger partial charge in [-0.25, -0.2) is 0 Å². The first-order valence-electron chi connectivity index (χ1n) is 22.3. The van der Waals surface area contributed by atoms with Gasteiger partial charge in [-0.05, 0) is 107 Å². The Kier molecular flexibility index (Phi) is 8.30. The van der Waals surface area contributed by atoms with Crippen molar-refractivity contribution in [3.8, 4) is 55.6 Å². The highest BCUT2D eigenvalue weighted by atomic mass is 15.2. The maximum Gasteiger partial charge on any atom is 0.0625 e. The number of rotatable bonds is 6. The lowest BCUT2D eigenvalue weighted by Gasteiger charge is -2.33. The highest BCUT2D eigenvalue weighted by Crippen LogP contribution is 2.57. The molecule has 2 aliphatic rings. The molecule has 0 saturated heterocycles. The van der Waals surface area contributed by atoms with Crippen molar-refractivity contribution in [3.63, 3.8) is 0 Å². The van der Waals surface area contributed by atoms with Crippen molar-refractivity contribution in [3.05, 3.63) is 235 Å². The Balaban J connectivity index is 1.25. The van der Waals surface area contributed by atoms with Gasteiger partial charge in [0.05, 0.1) is 11.4 Å². The van der Waals surface area contributed by atoms with Crippen LogP contribution in [0.2, 0.25) is 0 Å². The maximum absolute atomic E-state index is 2.61. The van der Waals surface area contributed by atoms with E-state index in [0.717, 1.165) is 11.4 Å². The van der Waals surface area contributed by atoms with E-state index >= 15 is 0 Å².